The van der Waals surface area contributed by atoms with Gasteiger partial charge in [-0.15, -0.1) is 0 Å². The molecule has 0 unspecified atom stereocenters. The molecule has 4 nitrogen and oxygen atoms in total. The summed E-state index contributed by atoms with van der Waals surface area (Å²) in [5.74, 6) is 0. The zero-order valence-electron chi connectivity index (χ0n) is 6.83. The summed E-state index contributed by atoms with van der Waals surface area (Å²) in [7, 11) is 0. The molecule has 2 aromatic rings. The van der Waals surface area contributed by atoms with Gasteiger partial charge >= 0.3 is 0 Å². The van der Waals surface area contributed by atoms with Gasteiger partial charge in [-0.1, -0.05) is 0 Å². The second kappa shape index (κ2) is 2.81. The van der Waals surface area contributed by atoms with Crippen LogP contribution in [0.2, 0.25) is 0 Å². The van der Waals surface area contributed by atoms with Crippen molar-refractivity contribution in [1.82, 2.24) is 19.1 Å². The van der Waals surface area contributed by atoms with Crippen LogP contribution in [0.1, 0.15) is 13.1 Å². The van der Waals surface area contributed by atoms with Crippen molar-refractivity contribution in [2.24, 2.45) is 0 Å². The average Bonchev–Trinajstić information content (AvgIpc) is 2.77. The van der Waals surface area contributed by atoms with Crippen LogP contribution >= 0.6 is 0 Å². The van der Waals surface area contributed by atoms with E-state index in [1.54, 1.807) is 25.0 Å². The molecule has 0 aliphatic rings. The Balaban J connectivity index is 2.27. The Kier molecular flexibility index (Phi) is 1.66. The summed E-state index contributed by atoms with van der Waals surface area (Å²) < 4.78 is 4.03. The van der Waals surface area contributed by atoms with Crippen LogP contribution in [0.25, 0.3) is 0 Å². The first-order chi connectivity index (χ1) is 5.88. The quantitative estimate of drug-likeness (QED) is 0.664. The largest absolute Gasteiger partial charge is 0.316 e. The molecule has 2 rings (SSSR count). The number of aromatic nitrogens is 4. The summed E-state index contributed by atoms with van der Waals surface area (Å²) in [5, 5.41) is 0. The zero-order valence-corrected chi connectivity index (χ0v) is 6.83. The van der Waals surface area contributed by atoms with Gasteiger partial charge in [0.1, 0.15) is 6.17 Å². The maximum Gasteiger partial charge on any atom is 0.109 e. The highest BCUT2D eigenvalue weighted by Crippen LogP contribution is 2.06. The highest BCUT2D eigenvalue weighted by molar-refractivity contribution is 4.84. The van der Waals surface area contributed by atoms with Crippen molar-refractivity contribution in [3.05, 3.63) is 37.4 Å². The van der Waals surface area contributed by atoms with E-state index in [9.17, 15) is 0 Å². The third-order valence-corrected chi connectivity index (χ3v) is 1.91. The van der Waals surface area contributed by atoms with Crippen LogP contribution in [-0.4, -0.2) is 19.1 Å². The van der Waals surface area contributed by atoms with Crippen LogP contribution < -0.4 is 0 Å². The van der Waals surface area contributed by atoms with Crippen molar-refractivity contribution in [3.63, 3.8) is 0 Å². The van der Waals surface area contributed by atoms with Gasteiger partial charge in [0.05, 0.1) is 12.7 Å². The molecule has 62 valence electrons. The van der Waals surface area contributed by atoms with E-state index < -0.39 is 0 Å². The molecule has 0 atom stereocenters. The van der Waals surface area contributed by atoms with Gasteiger partial charge in [-0.25, -0.2) is 9.97 Å². The van der Waals surface area contributed by atoms with Crippen molar-refractivity contribution < 1.29 is 0 Å². The minimum Gasteiger partial charge on any atom is -0.316 e. The maximum absolute atomic E-state index is 3.98. The van der Waals surface area contributed by atoms with E-state index >= 15 is 0 Å². The summed E-state index contributed by atoms with van der Waals surface area (Å²) >= 11 is 0. The van der Waals surface area contributed by atoms with Crippen LogP contribution in [-0.2, 0) is 0 Å². The monoisotopic (exact) mass is 162 g/mol. The fourth-order valence-corrected chi connectivity index (χ4v) is 1.13. The van der Waals surface area contributed by atoms with Gasteiger partial charge in [0, 0.05) is 24.8 Å². The molecular formula is C8H10N4. The van der Waals surface area contributed by atoms with Gasteiger partial charge in [0.15, 0.2) is 0 Å². The fraction of sp³-hybridized carbons (Fsp3) is 0.250. The Morgan fingerprint density at radius 1 is 1.00 bits per heavy atom. The van der Waals surface area contributed by atoms with E-state index in [0.29, 0.717) is 0 Å². The summed E-state index contributed by atoms with van der Waals surface area (Å²) in [6.07, 6.45) is 11.3. The molecule has 2 aromatic heterocycles. The molecule has 2 heterocycles. The molecule has 0 fully saturated rings. The highest BCUT2D eigenvalue weighted by Gasteiger charge is 2.02. The molecule has 0 radical (unpaired) electrons. The predicted molar refractivity (Wildman–Crippen MR) is 44.6 cm³/mol. The molecular weight excluding hydrogens is 152 g/mol. The Hall–Kier alpha value is -1.58. The number of imidazole rings is 2. The molecule has 0 aliphatic carbocycles. The molecule has 12 heavy (non-hydrogen) atoms. The summed E-state index contributed by atoms with van der Waals surface area (Å²) in [6.45, 7) is 2.09. The second-order valence-corrected chi connectivity index (χ2v) is 2.65. The van der Waals surface area contributed by atoms with E-state index in [4.69, 9.17) is 0 Å². The van der Waals surface area contributed by atoms with Crippen LogP contribution in [0.5, 0.6) is 0 Å². The summed E-state index contributed by atoms with van der Waals surface area (Å²) in [6, 6.07) is 0. The smallest absolute Gasteiger partial charge is 0.109 e. The third kappa shape index (κ3) is 1.11. The molecule has 0 saturated heterocycles. The van der Waals surface area contributed by atoms with Gasteiger partial charge in [-0.2, -0.15) is 0 Å². The lowest BCUT2D eigenvalue weighted by Gasteiger charge is -2.13. The maximum atomic E-state index is 3.98. The molecule has 4 heteroatoms. The molecule has 0 aromatic carbocycles. The van der Waals surface area contributed by atoms with Crippen LogP contribution in [0.15, 0.2) is 37.4 Å². The number of hydrogen-bond acceptors (Lipinski definition) is 2. The zero-order chi connectivity index (χ0) is 8.39. The minimum absolute atomic E-state index is 0.245. The van der Waals surface area contributed by atoms with Gasteiger partial charge in [0.25, 0.3) is 0 Å². The first-order valence-electron chi connectivity index (χ1n) is 3.83. The minimum atomic E-state index is 0.245. The second-order valence-electron chi connectivity index (χ2n) is 2.65. The van der Waals surface area contributed by atoms with Gasteiger partial charge in [-0.3, -0.25) is 0 Å². The Bertz CT molecular complexity index is 288. The molecule has 0 saturated carbocycles. The van der Waals surface area contributed by atoms with Crippen molar-refractivity contribution in [1.29, 1.82) is 0 Å². The van der Waals surface area contributed by atoms with E-state index in [1.165, 1.54) is 0 Å². The van der Waals surface area contributed by atoms with Crippen LogP contribution in [0.3, 0.4) is 0 Å². The molecule has 0 spiro atoms. The van der Waals surface area contributed by atoms with E-state index in [-0.39, 0.29) is 6.17 Å². The molecule has 0 bridgehead atoms. The van der Waals surface area contributed by atoms with Crippen molar-refractivity contribution in [2.45, 2.75) is 13.1 Å². The van der Waals surface area contributed by atoms with E-state index in [2.05, 4.69) is 16.9 Å². The number of rotatable bonds is 2. The summed E-state index contributed by atoms with van der Waals surface area (Å²) in [4.78, 5) is 7.96. The summed E-state index contributed by atoms with van der Waals surface area (Å²) in [5.41, 5.74) is 0. The fourth-order valence-electron chi connectivity index (χ4n) is 1.13. The Morgan fingerprint density at radius 3 is 1.83 bits per heavy atom. The normalized spacial score (nSPS) is 10.8. The Morgan fingerprint density at radius 2 is 1.50 bits per heavy atom. The average molecular weight is 162 g/mol. The third-order valence-electron chi connectivity index (χ3n) is 1.91. The lowest BCUT2D eigenvalue weighted by molar-refractivity contribution is 0.468. The molecule has 0 amide bonds. The standard InChI is InChI=1S/C8H10N4/c1-8(11-4-2-9-6-11)12-5-3-10-7-12/h2-8H,1H3. The first-order valence-corrected chi connectivity index (χ1v) is 3.83. The number of nitrogens with zero attached hydrogens (tertiary/aromatic N) is 4. The topological polar surface area (TPSA) is 35.6 Å². The van der Waals surface area contributed by atoms with Crippen LogP contribution in [0, 0.1) is 0 Å². The SMILES string of the molecule is CC(n1ccnc1)n1ccnc1. The highest BCUT2D eigenvalue weighted by atomic mass is 15.2. The van der Waals surface area contributed by atoms with Crippen molar-refractivity contribution in [2.75, 3.05) is 0 Å². The van der Waals surface area contributed by atoms with Gasteiger partial charge in [0.2, 0.25) is 0 Å². The first kappa shape index (κ1) is 7.09. The molecule has 0 aliphatic heterocycles. The van der Waals surface area contributed by atoms with Crippen molar-refractivity contribution in [3.8, 4) is 0 Å². The van der Waals surface area contributed by atoms with Gasteiger partial charge in [-0.05, 0) is 6.92 Å². The lowest BCUT2D eigenvalue weighted by atomic mass is 10.5. The van der Waals surface area contributed by atoms with Crippen LogP contribution in [0.4, 0.5) is 0 Å². The van der Waals surface area contributed by atoms with Gasteiger partial charge < -0.3 is 9.13 Å². The van der Waals surface area contributed by atoms with Crippen molar-refractivity contribution >= 4 is 0 Å². The van der Waals surface area contributed by atoms with E-state index in [0.717, 1.165) is 0 Å². The molecule has 0 N–H and O–H groups in total. The number of hydrogen-bond donors (Lipinski definition) is 0. The Labute approximate surface area is 70.5 Å². The predicted octanol–water partition coefficient (Wildman–Crippen LogP) is 1.15. The van der Waals surface area contributed by atoms with E-state index in [1.807, 2.05) is 21.5 Å². The lowest BCUT2D eigenvalue weighted by Crippen LogP contribution is -2.10.